The Hall–Kier alpha value is -3.08. The van der Waals surface area contributed by atoms with E-state index < -0.39 is 11.9 Å². The number of hydrogen-bond donors (Lipinski definition) is 2. The molecule has 0 aliphatic carbocycles. The lowest BCUT2D eigenvalue weighted by Crippen LogP contribution is -2.23. The zero-order valence-corrected chi connectivity index (χ0v) is 14.0. The average molecular weight is 336 g/mol. The molecule has 1 atom stereocenters. The summed E-state index contributed by atoms with van der Waals surface area (Å²) in [5.74, 6) is -1.49. The molecule has 1 heterocycles. The molecular weight excluding hydrogens is 316 g/mol. The Morgan fingerprint density at radius 3 is 2.68 bits per heavy atom. The van der Waals surface area contributed by atoms with Gasteiger partial charge in [0.05, 0.1) is 18.0 Å². The molecule has 0 aromatic heterocycles. The highest BCUT2D eigenvalue weighted by Gasteiger charge is 2.30. The van der Waals surface area contributed by atoms with Crippen LogP contribution in [0.1, 0.15) is 34.3 Å². The summed E-state index contributed by atoms with van der Waals surface area (Å²) in [5.41, 5.74) is 3.95. The number of carbonyl (C=O) groups excluding carboxylic acids is 1. The Morgan fingerprint density at radius 1 is 1.32 bits per heavy atom. The van der Waals surface area contributed by atoms with Gasteiger partial charge >= 0.3 is 5.97 Å². The maximum Gasteiger partial charge on any atom is 0.310 e. The summed E-state index contributed by atoms with van der Waals surface area (Å²) >= 11 is 0. The summed E-state index contributed by atoms with van der Waals surface area (Å²) in [7, 11) is 0. The van der Waals surface area contributed by atoms with Crippen LogP contribution in [-0.2, 0) is 11.3 Å². The van der Waals surface area contributed by atoms with Gasteiger partial charge in [0.25, 0.3) is 5.91 Å². The third-order valence-electron chi connectivity index (χ3n) is 4.45. The lowest BCUT2D eigenvalue weighted by Gasteiger charge is -2.17. The lowest BCUT2D eigenvalue weighted by atomic mass is 10.0. The molecule has 5 nitrogen and oxygen atoms in total. The first-order valence-corrected chi connectivity index (χ1v) is 8.14. The summed E-state index contributed by atoms with van der Waals surface area (Å²) in [5, 5.41) is 12.3. The van der Waals surface area contributed by atoms with Crippen molar-refractivity contribution in [2.75, 3.05) is 16.8 Å². The molecule has 2 aromatic rings. The second-order valence-corrected chi connectivity index (χ2v) is 6.05. The van der Waals surface area contributed by atoms with Crippen molar-refractivity contribution in [3.63, 3.8) is 0 Å². The molecular formula is C20H20N2O3. The fourth-order valence-corrected chi connectivity index (χ4v) is 2.99. The SMILES string of the molecule is C=CCNc1cccc2c1C(=O)N(c1ccc(C(C)C(=O)O)cc1)C2. The number of nitrogens with zero attached hydrogens (tertiary/aromatic N) is 1. The number of hydrogen-bond acceptors (Lipinski definition) is 3. The van der Waals surface area contributed by atoms with Crippen molar-refractivity contribution in [1.29, 1.82) is 0 Å². The van der Waals surface area contributed by atoms with Crippen molar-refractivity contribution >= 4 is 23.3 Å². The highest BCUT2D eigenvalue weighted by atomic mass is 16.4. The highest BCUT2D eigenvalue weighted by Crippen LogP contribution is 2.33. The highest BCUT2D eigenvalue weighted by molar-refractivity contribution is 6.13. The number of benzene rings is 2. The van der Waals surface area contributed by atoms with E-state index in [1.54, 1.807) is 42.2 Å². The molecule has 0 saturated carbocycles. The second-order valence-electron chi connectivity index (χ2n) is 6.05. The Morgan fingerprint density at radius 2 is 2.04 bits per heavy atom. The van der Waals surface area contributed by atoms with E-state index in [1.165, 1.54) is 0 Å². The van der Waals surface area contributed by atoms with E-state index >= 15 is 0 Å². The summed E-state index contributed by atoms with van der Waals surface area (Å²) in [4.78, 5) is 25.7. The van der Waals surface area contributed by atoms with Gasteiger partial charge in [-0.3, -0.25) is 9.59 Å². The van der Waals surface area contributed by atoms with E-state index in [9.17, 15) is 9.59 Å². The second kappa shape index (κ2) is 6.81. The van der Waals surface area contributed by atoms with Crippen LogP contribution in [0.25, 0.3) is 0 Å². The minimum atomic E-state index is -0.865. The Bertz CT molecular complexity index is 827. The molecule has 1 aliphatic heterocycles. The summed E-state index contributed by atoms with van der Waals surface area (Å²) in [6.45, 7) is 6.42. The fraction of sp³-hybridized carbons (Fsp3) is 0.200. The number of fused-ring (bicyclic) bond motifs is 1. The van der Waals surface area contributed by atoms with Crippen molar-refractivity contribution in [2.45, 2.75) is 19.4 Å². The molecule has 2 N–H and O–H groups in total. The van der Waals surface area contributed by atoms with Crippen molar-refractivity contribution in [2.24, 2.45) is 0 Å². The van der Waals surface area contributed by atoms with E-state index in [0.29, 0.717) is 24.2 Å². The normalized spacial score (nSPS) is 14.1. The molecule has 0 spiro atoms. The van der Waals surface area contributed by atoms with Crippen LogP contribution in [0.5, 0.6) is 0 Å². The maximum atomic E-state index is 12.9. The predicted octanol–water partition coefficient (Wildman–Crippen LogP) is 3.63. The van der Waals surface area contributed by atoms with Crippen molar-refractivity contribution in [3.05, 3.63) is 71.8 Å². The van der Waals surface area contributed by atoms with Crippen LogP contribution in [0.2, 0.25) is 0 Å². The summed E-state index contributed by atoms with van der Waals surface area (Å²) in [6, 6.07) is 12.9. The van der Waals surface area contributed by atoms with Crippen LogP contribution in [0.15, 0.2) is 55.1 Å². The van der Waals surface area contributed by atoms with Gasteiger partial charge in [-0.15, -0.1) is 6.58 Å². The van der Waals surface area contributed by atoms with Gasteiger partial charge in [-0.1, -0.05) is 30.3 Å². The molecule has 1 amide bonds. The number of aliphatic carboxylic acids is 1. The lowest BCUT2D eigenvalue weighted by molar-refractivity contribution is -0.138. The van der Waals surface area contributed by atoms with Gasteiger partial charge in [-0.25, -0.2) is 0 Å². The van der Waals surface area contributed by atoms with Crippen molar-refractivity contribution < 1.29 is 14.7 Å². The first-order valence-electron chi connectivity index (χ1n) is 8.14. The third kappa shape index (κ3) is 3.13. The van der Waals surface area contributed by atoms with Crippen molar-refractivity contribution in [3.8, 4) is 0 Å². The van der Waals surface area contributed by atoms with Gasteiger partial charge in [0, 0.05) is 17.9 Å². The molecule has 128 valence electrons. The molecule has 0 radical (unpaired) electrons. The van der Waals surface area contributed by atoms with Crippen molar-refractivity contribution in [1.82, 2.24) is 0 Å². The van der Waals surface area contributed by atoms with Gasteiger partial charge < -0.3 is 15.3 Å². The molecule has 5 heteroatoms. The molecule has 2 aromatic carbocycles. The zero-order valence-electron chi connectivity index (χ0n) is 14.0. The minimum Gasteiger partial charge on any atom is -0.481 e. The number of rotatable bonds is 6. The molecule has 25 heavy (non-hydrogen) atoms. The number of amides is 1. The van der Waals surface area contributed by atoms with Crippen LogP contribution in [0.4, 0.5) is 11.4 Å². The minimum absolute atomic E-state index is 0.0544. The Labute approximate surface area is 146 Å². The largest absolute Gasteiger partial charge is 0.481 e. The van der Waals surface area contributed by atoms with Gasteiger partial charge in [0.2, 0.25) is 0 Å². The predicted molar refractivity (Wildman–Crippen MR) is 98.1 cm³/mol. The molecule has 3 rings (SSSR count). The first kappa shape index (κ1) is 16.8. The maximum absolute atomic E-state index is 12.9. The number of nitrogens with one attached hydrogen (secondary N) is 1. The van der Waals surface area contributed by atoms with E-state index in [1.807, 2.05) is 18.2 Å². The quantitative estimate of drug-likeness (QED) is 0.790. The number of anilines is 2. The Balaban J connectivity index is 1.87. The van der Waals surface area contributed by atoms with E-state index in [0.717, 1.165) is 16.9 Å². The van der Waals surface area contributed by atoms with Crippen LogP contribution in [0, 0.1) is 0 Å². The molecule has 1 aliphatic rings. The van der Waals surface area contributed by atoms with Crippen LogP contribution in [0.3, 0.4) is 0 Å². The summed E-state index contributed by atoms with van der Waals surface area (Å²) < 4.78 is 0. The molecule has 0 bridgehead atoms. The Kier molecular flexibility index (Phi) is 4.57. The van der Waals surface area contributed by atoms with Gasteiger partial charge in [0.1, 0.15) is 0 Å². The van der Waals surface area contributed by atoms with Crippen LogP contribution in [-0.4, -0.2) is 23.5 Å². The monoisotopic (exact) mass is 336 g/mol. The van der Waals surface area contributed by atoms with Gasteiger partial charge in [0.15, 0.2) is 0 Å². The van der Waals surface area contributed by atoms with Crippen LogP contribution >= 0.6 is 0 Å². The summed E-state index contributed by atoms with van der Waals surface area (Å²) in [6.07, 6.45) is 1.75. The van der Waals surface area contributed by atoms with Gasteiger partial charge in [-0.05, 0) is 36.2 Å². The standard InChI is InChI=1S/C20H20N2O3/c1-3-11-21-17-6-4-5-15-12-22(19(23)18(15)17)16-9-7-14(8-10-16)13(2)20(24)25/h3-10,13,21H,1,11-12H2,2H3,(H,24,25). The fourth-order valence-electron chi connectivity index (χ4n) is 2.99. The van der Waals surface area contributed by atoms with E-state index in [-0.39, 0.29) is 5.91 Å². The molecule has 1 unspecified atom stereocenters. The smallest absolute Gasteiger partial charge is 0.310 e. The van der Waals surface area contributed by atoms with E-state index in [2.05, 4.69) is 11.9 Å². The van der Waals surface area contributed by atoms with Crippen LogP contribution < -0.4 is 10.2 Å². The first-order chi connectivity index (χ1) is 12.0. The van der Waals surface area contributed by atoms with Gasteiger partial charge in [-0.2, -0.15) is 0 Å². The number of carboxylic acid groups (broad SMARTS) is 1. The third-order valence-corrected chi connectivity index (χ3v) is 4.45. The zero-order chi connectivity index (χ0) is 18.0. The number of carboxylic acids is 1. The number of carbonyl (C=O) groups is 2. The average Bonchev–Trinajstić information content (AvgIpc) is 2.97. The van der Waals surface area contributed by atoms with E-state index in [4.69, 9.17) is 5.11 Å². The molecule has 0 fully saturated rings. The molecule has 0 saturated heterocycles. The topological polar surface area (TPSA) is 69.6 Å².